The summed E-state index contributed by atoms with van der Waals surface area (Å²) in [4.78, 5) is 10.2. The van der Waals surface area contributed by atoms with Gasteiger partial charge in [0.1, 0.15) is 11.5 Å². The van der Waals surface area contributed by atoms with Crippen LogP contribution in [0.3, 0.4) is 0 Å². The molecule has 1 aromatic heterocycles. The van der Waals surface area contributed by atoms with E-state index < -0.39 is 4.92 Å². The van der Waals surface area contributed by atoms with Crippen LogP contribution >= 0.6 is 11.6 Å². The third-order valence-corrected chi connectivity index (χ3v) is 3.59. The lowest BCUT2D eigenvalue weighted by Crippen LogP contribution is -2.13. The summed E-state index contributed by atoms with van der Waals surface area (Å²) in [6, 6.07) is 10.0. The highest BCUT2D eigenvalue weighted by Gasteiger charge is 2.13. The molecule has 0 aliphatic carbocycles. The summed E-state index contributed by atoms with van der Waals surface area (Å²) in [5.74, 6) is 1.33. The van der Waals surface area contributed by atoms with E-state index in [0.29, 0.717) is 24.3 Å². The lowest BCUT2D eigenvalue weighted by molar-refractivity contribution is -0.384. The highest BCUT2D eigenvalue weighted by molar-refractivity contribution is 6.33. The number of halogens is 1. The number of nitrogens with one attached hydrogen (secondary N) is 1. The maximum Gasteiger partial charge on any atom is 0.270 e. The van der Waals surface area contributed by atoms with Gasteiger partial charge in [0.25, 0.3) is 5.69 Å². The van der Waals surface area contributed by atoms with E-state index >= 15 is 0 Å². The van der Waals surface area contributed by atoms with Crippen LogP contribution in [0, 0.1) is 21.4 Å². The van der Waals surface area contributed by atoms with Gasteiger partial charge in [-0.15, -0.1) is 0 Å². The number of hydrogen-bond donors (Lipinski definition) is 1. The van der Waals surface area contributed by atoms with Crippen LogP contribution in [0.1, 0.15) is 25.0 Å². The van der Waals surface area contributed by atoms with Crippen molar-refractivity contribution >= 4 is 17.3 Å². The highest BCUT2D eigenvalue weighted by atomic mass is 35.5. The van der Waals surface area contributed by atoms with Crippen LogP contribution in [0.2, 0.25) is 5.02 Å². The van der Waals surface area contributed by atoms with E-state index in [1.807, 2.05) is 6.07 Å². The normalized spacial score (nSPS) is 10.4. The van der Waals surface area contributed by atoms with Crippen LogP contribution in [0.4, 0.5) is 5.69 Å². The predicted molar refractivity (Wildman–Crippen MR) is 87.0 cm³/mol. The summed E-state index contributed by atoms with van der Waals surface area (Å²) in [7, 11) is 0. The zero-order valence-electron chi connectivity index (χ0n) is 12.4. The lowest BCUT2D eigenvalue weighted by Gasteiger charge is -2.02. The van der Waals surface area contributed by atoms with Gasteiger partial charge in [-0.1, -0.05) is 11.6 Å². The van der Waals surface area contributed by atoms with Gasteiger partial charge in [0.05, 0.1) is 22.6 Å². The molecule has 0 radical (unpaired) electrons. The standard InChI is InChI=1S/C16H16ClN3O3/c17-15-10-12(20(21)22)4-6-14(15)16-7-5-13(23-16)11-19-9-3-1-2-8-18/h4-7,10,19H,1-3,9,11H2. The first kappa shape index (κ1) is 17.0. The third-order valence-electron chi connectivity index (χ3n) is 3.28. The maximum atomic E-state index is 10.7. The average molecular weight is 334 g/mol. The van der Waals surface area contributed by atoms with E-state index in [0.717, 1.165) is 25.1 Å². The Morgan fingerprint density at radius 1 is 1.30 bits per heavy atom. The van der Waals surface area contributed by atoms with Gasteiger partial charge in [-0.2, -0.15) is 5.26 Å². The van der Waals surface area contributed by atoms with Crippen molar-refractivity contribution in [3.8, 4) is 17.4 Å². The zero-order chi connectivity index (χ0) is 16.7. The summed E-state index contributed by atoms with van der Waals surface area (Å²) in [5.41, 5.74) is 0.571. The van der Waals surface area contributed by atoms with Crippen LogP contribution in [0.25, 0.3) is 11.3 Å². The molecule has 1 aromatic carbocycles. The molecule has 23 heavy (non-hydrogen) atoms. The first-order valence-corrected chi connectivity index (χ1v) is 7.60. The molecule has 0 unspecified atom stereocenters. The molecule has 0 saturated carbocycles. The van der Waals surface area contributed by atoms with Crippen molar-refractivity contribution in [1.82, 2.24) is 5.32 Å². The van der Waals surface area contributed by atoms with Gasteiger partial charge in [-0.25, -0.2) is 0 Å². The minimum Gasteiger partial charge on any atom is -0.460 e. The largest absolute Gasteiger partial charge is 0.460 e. The van der Waals surface area contributed by atoms with Gasteiger partial charge >= 0.3 is 0 Å². The van der Waals surface area contributed by atoms with E-state index in [9.17, 15) is 10.1 Å². The molecule has 0 atom stereocenters. The van der Waals surface area contributed by atoms with Crippen LogP contribution in [-0.4, -0.2) is 11.5 Å². The second-order valence-electron chi connectivity index (χ2n) is 4.98. The summed E-state index contributed by atoms with van der Waals surface area (Å²) in [6.07, 6.45) is 2.39. The van der Waals surface area contributed by atoms with Crippen molar-refractivity contribution in [2.24, 2.45) is 0 Å². The Balaban J connectivity index is 1.94. The molecule has 2 rings (SSSR count). The minimum atomic E-state index is -0.487. The Kier molecular flexibility index (Phi) is 6.15. The number of nitrogens with zero attached hydrogens (tertiary/aromatic N) is 2. The van der Waals surface area contributed by atoms with Crippen LogP contribution < -0.4 is 5.32 Å². The van der Waals surface area contributed by atoms with Crippen molar-refractivity contribution in [2.75, 3.05) is 6.54 Å². The smallest absolute Gasteiger partial charge is 0.270 e. The fourth-order valence-electron chi connectivity index (χ4n) is 2.10. The van der Waals surface area contributed by atoms with Crippen molar-refractivity contribution in [1.29, 1.82) is 5.26 Å². The number of nitriles is 1. The fraction of sp³-hybridized carbons (Fsp3) is 0.312. The summed E-state index contributed by atoms with van der Waals surface area (Å²) in [5, 5.41) is 22.7. The number of furan rings is 1. The third kappa shape index (κ3) is 4.81. The van der Waals surface area contributed by atoms with Crippen molar-refractivity contribution in [2.45, 2.75) is 25.8 Å². The number of nitro benzene ring substituents is 1. The summed E-state index contributed by atoms with van der Waals surface area (Å²) < 4.78 is 5.71. The number of benzene rings is 1. The van der Waals surface area contributed by atoms with Crippen molar-refractivity contribution < 1.29 is 9.34 Å². The summed E-state index contributed by atoms with van der Waals surface area (Å²) in [6.45, 7) is 1.40. The zero-order valence-corrected chi connectivity index (χ0v) is 13.2. The van der Waals surface area contributed by atoms with Crippen LogP contribution in [-0.2, 0) is 6.54 Å². The van der Waals surface area contributed by atoms with Gasteiger partial charge in [0.15, 0.2) is 0 Å². The number of rotatable bonds is 8. The van der Waals surface area contributed by atoms with Gasteiger partial charge in [0, 0.05) is 24.1 Å². The quantitative estimate of drug-likeness (QED) is 0.442. The molecule has 6 nitrogen and oxygen atoms in total. The second kappa shape index (κ2) is 8.32. The molecular weight excluding hydrogens is 318 g/mol. The van der Waals surface area contributed by atoms with E-state index in [-0.39, 0.29) is 10.7 Å². The molecular formula is C16H16ClN3O3. The van der Waals surface area contributed by atoms with Gasteiger partial charge < -0.3 is 9.73 Å². The van der Waals surface area contributed by atoms with Crippen LogP contribution in [0.15, 0.2) is 34.7 Å². The van der Waals surface area contributed by atoms with E-state index in [4.69, 9.17) is 21.3 Å². The molecule has 1 heterocycles. The molecule has 120 valence electrons. The molecule has 0 saturated heterocycles. The Labute approximate surface area is 138 Å². The molecule has 2 aromatic rings. The molecule has 0 amide bonds. The van der Waals surface area contributed by atoms with E-state index in [1.54, 1.807) is 12.1 Å². The Hall–Kier alpha value is -2.36. The topological polar surface area (TPSA) is 92.1 Å². The molecule has 0 aliphatic rings. The number of non-ortho nitro benzene ring substituents is 1. The van der Waals surface area contributed by atoms with Gasteiger partial charge in [0.2, 0.25) is 0 Å². The Morgan fingerprint density at radius 3 is 2.83 bits per heavy atom. The minimum absolute atomic E-state index is 0.0513. The number of unbranched alkanes of at least 4 members (excludes halogenated alkanes) is 2. The van der Waals surface area contributed by atoms with Gasteiger partial charge in [-0.3, -0.25) is 10.1 Å². The van der Waals surface area contributed by atoms with Crippen LogP contribution in [0.5, 0.6) is 0 Å². The molecule has 0 aliphatic heterocycles. The average Bonchev–Trinajstić information content (AvgIpc) is 2.99. The molecule has 7 heteroatoms. The molecule has 0 spiro atoms. The van der Waals surface area contributed by atoms with E-state index in [2.05, 4.69) is 11.4 Å². The SMILES string of the molecule is N#CCCCCNCc1ccc(-c2ccc([N+](=O)[O-])cc2Cl)o1. The Bertz CT molecular complexity index is 722. The first-order chi connectivity index (χ1) is 11.1. The maximum absolute atomic E-state index is 10.7. The molecule has 0 bridgehead atoms. The van der Waals surface area contributed by atoms with Gasteiger partial charge in [-0.05, 0) is 37.6 Å². The Morgan fingerprint density at radius 2 is 2.13 bits per heavy atom. The van der Waals surface area contributed by atoms with E-state index in [1.165, 1.54) is 12.1 Å². The number of nitro groups is 1. The summed E-state index contributed by atoms with van der Waals surface area (Å²) >= 11 is 6.09. The molecule has 0 fully saturated rings. The van der Waals surface area contributed by atoms with Crippen molar-refractivity contribution in [3.05, 3.63) is 51.2 Å². The number of hydrogen-bond acceptors (Lipinski definition) is 5. The van der Waals surface area contributed by atoms with Crippen molar-refractivity contribution in [3.63, 3.8) is 0 Å². The monoisotopic (exact) mass is 333 g/mol. The molecule has 1 N–H and O–H groups in total. The highest BCUT2D eigenvalue weighted by Crippen LogP contribution is 2.32. The first-order valence-electron chi connectivity index (χ1n) is 7.22. The lowest BCUT2D eigenvalue weighted by atomic mass is 10.1. The second-order valence-corrected chi connectivity index (χ2v) is 5.39. The fourth-order valence-corrected chi connectivity index (χ4v) is 2.37. The predicted octanol–water partition coefficient (Wildman–Crippen LogP) is 4.29.